The Morgan fingerprint density at radius 3 is 2.40 bits per heavy atom. The van der Waals surface area contributed by atoms with Gasteiger partial charge in [-0.25, -0.2) is 0 Å². The monoisotopic (exact) mass is 309 g/mol. The lowest BCUT2D eigenvalue weighted by Gasteiger charge is -2.29. The third-order valence-corrected chi connectivity index (χ3v) is 4.24. The number of rotatable bonds is 1. The predicted molar refractivity (Wildman–Crippen MR) is 79.8 cm³/mol. The van der Waals surface area contributed by atoms with Crippen LogP contribution in [-0.4, -0.2) is 16.8 Å². The highest BCUT2D eigenvalue weighted by molar-refractivity contribution is 6.36. The Hall–Kier alpha value is -1.42. The highest BCUT2D eigenvalue weighted by atomic mass is 35.5. The molecular formula is C15H13Cl2NO2. The zero-order valence-electron chi connectivity index (χ0n) is 10.5. The van der Waals surface area contributed by atoms with Gasteiger partial charge in [0.25, 0.3) is 0 Å². The van der Waals surface area contributed by atoms with Crippen molar-refractivity contribution in [2.45, 2.75) is 12.5 Å². The van der Waals surface area contributed by atoms with Gasteiger partial charge in [-0.15, -0.1) is 0 Å². The van der Waals surface area contributed by atoms with E-state index in [0.29, 0.717) is 10.0 Å². The average molecular weight is 310 g/mol. The highest BCUT2D eigenvalue weighted by Gasteiger charge is 2.26. The van der Waals surface area contributed by atoms with Crippen LogP contribution in [0.2, 0.25) is 10.0 Å². The van der Waals surface area contributed by atoms with Crippen LogP contribution in [-0.2, 0) is 6.42 Å². The summed E-state index contributed by atoms with van der Waals surface area (Å²) in [4.78, 5) is 0. The normalized spacial score (nSPS) is 17.8. The Kier molecular flexibility index (Phi) is 3.50. The molecule has 0 bridgehead atoms. The molecule has 3 nitrogen and oxygen atoms in total. The molecule has 2 aromatic carbocycles. The Morgan fingerprint density at radius 1 is 1.05 bits per heavy atom. The number of benzene rings is 2. The van der Waals surface area contributed by atoms with E-state index < -0.39 is 0 Å². The van der Waals surface area contributed by atoms with Crippen LogP contribution < -0.4 is 5.32 Å². The number of halogens is 2. The molecule has 0 spiro atoms. The molecule has 3 N–H and O–H groups in total. The fourth-order valence-corrected chi connectivity index (χ4v) is 3.24. The van der Waals surface area contributed by atoms with Crippen molar-refractivity contribution < 1.29 is 10.2 Å². The van der Waals surface area contributed by atoms with E-state index in [9.17, 15) is 10.2 Å². The van der Waals surface area contributed by atoms with Crippen LogP contribution in [0.25, 0.3) is 0 Å². The zero-order chi connectivity index (χ0) is 14.3. The Bertz CT molecular complexity index is 653. The molecule has 1 aliphatic rings. The number of hydrogen-bond acceptors (Lipinski definition) is 3. The second-order valence-electron chi connectivity index (χ2n) is 4.81. The number of fused-ring (bicyclic) bond motifs is 1. The summed E-state index contributed by atoms with van der Waals surface area (Å²) >= 11 is 12.5. The van der Waals surface area contributed by atoms with Crippen LogP contribution in [0.3, 0.4) is 0 Å². The Morgan fingerprint density at radius 2 is 1.70 bits per heavy atom. The smallest absolute Gasteiger partial charge is 0.157 e. The van der Waals surface area contributed by atoms with E-state index in [1.54, 1.807) is 30.3 Å². The van der Waals surface area contributed by atoms with E-state index >= 15 is 0 Å². The van der Waals surface area contributed by atoms with Gasteiger partial charge in [-0.3, -0.25) is 0 Å². The van der Waals surface area contributed by atoms with Crippen LogP contribution in [0.15, 0.2) is 30.3 Å². The number of phenols is 2. The van der Waals surface area contributed by atoms with Crippen molar-refractivity contribution in [2.24, 2.45) is 0 Å². The number of hydrogen-bond donors (Lipinski definition) is 3. The SMILES string of the molecule is Oc1cc2c(cc1O)[C@@H](c1c(Cl)cccc1Cl)NCC2. The molecule has 0 amide bonds. The average Bonchev–Trinajstić information content (AvgIpc) is 2.40. The second-order valence-corrected chi connectivity index (χ2v) is 5.63. The summed E-state index contributed by atoms with van der Waals surface area (Å²) in [5.41, 5.74) is 2.67. The van der Waals surface area contributed by atoms with E-state index in [2.05, 4.69) is 5.32 Å². The molecule has 0 aliphatic carbocycles. The van der Waals surface area contributed by atoms with Crippen LogP contribution >= 0.6 is 23.2 Å². The van der Waals surface area contributed by atoms with Crippen molar-refractivity contribution in [3.63, 3.8) is 0 Å². The van der Waals surface area contributed by atoms with Crippen molar-refractivity contribution in [2.75, 3.05) is 6.54 Å². The minimum atomic E-state index is -0.188. The van der Waals surface area contributed by atoms with E-state index in [4.69, 9.17) is 23.2 Å². The topological polar surface area (TPSA) is 52.5 Å². The second kappa shape index (κ2) is 5.17. The first-order valence-corrected chi connectivity index (χ1v) is 7.05. The van der Waals surface area contributed by atoms with E-state index in [1.165, 1.54) is 0 Å². The Labute approximate surface area is 126 Å². The molecule has 1 heterocycles. The van der Waals surface area contributed by atoms with Crippen molar-refractivity contribution in [1.29, 1.82) is 0 Å². The first kappa shape index (κ1) is 13.6. The van der Waals surface area contributed by atoms with Gasteiger partial charge in [-0.05, 0) is 41.8 Å². The number of nitrogens with one attached hydrogen (secondary N) is 1. The van der Waals surface area contributed by atoms with Gasteiger partial charge < -0.3 is 15.5 Å². The van der Waals surface area contributed by atoms with Gasteiger partial charge in [0.2, 0.25) is 0 Å². The van der Waals surface area contributed by atoms with E-state index in [0.717, 1.165) is 29.7 Å². The third kappa shape index (κ3) is 2.22. The zero-order valence-corrected chi connectivity index (χ0v) is 12.0. The summed E-state index contributed by atoms with van der Waals surface area (Å²) in [6.07, 6.45) is 0.780. The number of aromatic hydroxyl groups is 2. The molecule has 1 aliphatic heterocycles. The standard InChI is InChI=1S/C15H13Cl2NO2/c16-10-2-1-3-11(17)14(10)15-9-7-13(20)12(19)6-8(9)4-5-18-15/h1-3,6-7,15,18-20H,4-5H2/t15-/m0/s1. The van der Waals surface area contributed by atoms with Crippen LogP contribution in [0.5, 0.6) is 11.5 Å². The lowest BCUT2D eigenvalue weighted by atomic mass is 9.89. The maximum absolute atomic E-state index is 9.73. The fraction of sp³-hybridized carbons (Fsp3) is 0.200. The van der Waals surface area contributed by atoms with Crippen molar-refractivity contribution >= 4 is 23.2 Å². The maximum atomic E-state index is 9.73. The van der Waals surface area contributed by atoms with Crippen molar-refractivity contribution in [3.8, 4) is 11.5 Å². The summed E-state index contributed by atoms with van der Waals surface area (Å²) in [5.74, 6) is -0.240. The number of phenolic OH excluding ortho intramolecular Hbond substituents is 2. The van der Waals surface area contributed by atoms with Crippen LogP contribution in [0.1, 0.15) is 22.7 Å². The molecule has 1 atom stereocenters. The quantitative estimate of drug-likeness (QED) is 0.705. The first-order valence-electron chi connectivity index (χ1n) is 6.30. The molecule has 104 valence electrons. The molecule has 0 aromatic heterocycles. The van der Waals surface area contributed by atoms with Crippen molar-refractivity contribution in [1.82, 2.24) is 5.32 Å². The molecule has 20 heavy (non-hydrogen) atoms. The molecule has 0 fully saturated rings. The highest BCUT2D eigenvalue weighted by Crippen LogP contribution is 2.40. The van der Waals surface area contributed by atoms with Crippen molar-refractivity contribution in [3.05, 3.63) is 57.1 Å². The fourth-order valence-electron chi connectivity index (χ4n) is 2.63. The minimum Gasteiger partial charge on any atom is -0.504 e. The predicted octanol–water partition coefficient (Wildman–Crippen LogP) is 3.64. The van der Waals surface area contributed by atoms with E-state index in [1.807, 2.05) is 0 Å². The lowest BCUT2D eigenvalue weighted by molar-refractivity contribution is 0.400. The molecule has 2 aromatic rings. The van der Waals surface area contributed by atoms with Crippen LogP contribution in [0.4, 0.5) is 0 Å². The first-order chi connectivity index (χ1) is 9.58. The van der Waals surface area contributed by atoms with Gasteiger partial charge in [-0.1, -0.05) is 29.3 Å². The van der Waals surface area contributed by atoms with Crippen LogP contribution in [0, 0.1) is 0 Å². The minimum absolute atomic E-state index is 0.102. The summed E-state index contributed by atoms with van der Waals surface area (Å²) < 4.78 is 0. The third-order valence-electron chi connectivity index (χ3n) is 3.58. The van der Waals surface area contributed by atoms with Gasteiger partial charge in [0.15, 0.2) is 11.5 Å². The molecule has 3 rings (SSSR count). The van der Waals surface area contributed by atoms with Gasteiger partial charge >= 0.3 is 0 Å². The van der Waals surface area contributed by atoms with Gasteiger partial charge in [-0.2, -0.15) is 0 Å². The molecule has 0 saturated heterocycles. The lowest BCUT2D eigenvalue weighted by Crippen LogP contribution is -2.30. The molecule has 5 heteroatoms. The molecule has 0 saturated carbocycles. The van der Waals surface area contributed by atoms with E-state index in [-0.39, 0.29) is 17.5 Å². The van der Waals surface area contributed by atoms with Gasteiger partial charge in [0.05, 0.1) is 6.04 Å². The summed E-state index contributed by atoms with van der Waals surface area (Å²) in [6.45, 7) is 0.753. The summed E-state index contributed by atoms with van der Waals surface area (Å²) in [6, 6.07) is 8.36. The van der Waals surface area contributed by atoms with Gasteiger partial charge in [0.1, 0.15) is 0 Å². The molecule has 0 radical (unpaired) electrons. The Balaban J connectivity index is 2.17. The largest absolute Gasteiger partial charge is 0.504 e. The summed E-state index contributed by atoms with van der Waals surface area (Å²) in [7, 11) is 0. The van der Waals surface area contributed by atoms with Gasteiger partial charge in [0, 0.05) is 22.2 Å². The maximum Gasteiger partial charge on any atom is 0.157 e. The molecule has 0 unspecified atom stereocenters. The summed E-state index contributed by atoms with van der Waals surface area (Å²) in [5, 5.41) is 23.9. The molecular weight excluding hydrogens is 297 g/mol.